The zero-order valence-corrected chi connectivity index (χ0v) is 6.80. The Kier molecular flexibility index (Phi) is 4.22. The summed E-state index contributed by atoms with van der Waals surface area (Å²) in [5.74, 6) is -1.08. The Hall–Kier alpha value is -0.420. The number of carboxylic acids is 1. The number of nitrogens with two attached hydrogens (primary N) is 1. The van der Waals surface area contributed by atoms with Gasteiger partial charge in [-0.3, -0.25) is 9.59 Å². The van der Waals surface area contributed by atoms with Crippen LogP contribution in [0, 0.1) is 0 Å². The van der Waals surface area contributed by atoms with Gasteiger partial charge in [0.05, 0.1) is 0 Å². The summed E-state index contributed by atoms with van der Waals surface area (Å²) in [5.41, 5.74) is 5.09. The fourth-order valence-electron chi connectivity index (χ4n) is 0.392. The van der Waals surface area contributed by atoms with Gasteiger partial charge in [-0.05, 0) is 22.4 Å². The minimum absolute atomic E-state index is 0.160. The van der Waals surface area contributed by atoms with Crippen molar-refractivity contribution in [2.75, 3.05) is 0 Å². The van der Waals surface area contributed by atoms with Gasteiger partial charge in [-0.25, -0.2) is 0 Å². The Labute approximate surface area is 66.5 Å². The molecule has 0 bridgehead atoms. The van der Waals surface area contributed by atoms with Crippen molar-refractivity contribution in [2.24, 2.45) is 5.73 Å². The topological polar surface area (TPSA) is 80.4 Å². The molecule has 0 saturated carbocycles. The summed E-state index contributed by atoms with van der Waals surface area (Å²) in [6.45, 7) is 0. The third-order valence-electron chi connectivity index (χ3n) is 0.969. The van der Waals surface area contributed by atoms with Crippen molar-refractivity contribution in [1.82, 2.24) is 0 Å². The highest BCUT2D eigenvalue weighted by Gasteiger charge is 2.11. The first-order chi connectivity index (χ1) is 4.54. The molecule has 4 nitrogen and oxygen atoms in total. The van der Waals surface area contributed by atoms with E-state index in [1.807, 2.05) is 0 Å². The Morgan fingerprint density at radius 3 is 2.40 bits per heavy atom. The average molecular weight is 210 g/mol. The van der Waals surface area contributed by atoms with Crippen LogP contribution in [0.15, 0.2) is 0 Å². The van der Waals surface area contributed by atoms with Gasteiger partial charge in [-0.15, -0.1) is 0 Å². The molecule has 0 aliphatic heterocycles. The maximum atomic E-state index is 10.2. The number of carbonyl (C=O) groups excluding carboxylic acids is 1. The van der Waals surface area contributed by atoms with Crippen molar-refractivity contribution < 1.29 is 14.7 Å². The summed E-state index contributed by atoms with van der Waals surface area (Å²) in [6.07, 6.45) is 0.340. The lowest BCUT2D eigenvalue weighted by Gasteiger charge is -2.01. The second kappa shape index (κ2) is 4.40. The molecule has 1 atom stereocenters. The van der Waals surface area contributed by atoms with Gasteiger partial charge in [0.25, 0.3) is 0 Å². The van der Waals surface area contributed by atoms with Crippen LogP contribution in [0.5, 0.6) is 0 Å². The number of hydrogen-bond donors (Lipinski definition) is 2. The first-order valence-electron chi connectivity index (χ1n) is 2.70. The van der Waals surface area contributed by atoms with Crippen molar-refractivity contribution in [3.05, 3.63) is 0 Å². The van der Waals surface area contributed by atoms with Crippen LogP contribution in [0.1, 0.15) is 12.8 Å². The van der Waals surface area contributed by atoms with Gasteiger partial charge in [0.2, 0.25) is 0 Å². The number of carbonyl (C=O) groups is 2. The SMILES string of the molecule is NC(CCC(=O)Br)C(=O)O. The summed E-state index contributed by atoms with van der Waals surface area (Å²) in [5, 5.41) is 8.24. The summed E-state index contributed by atoms with van der Waals surface area (Å²) in [6, 6.07) is -0.929. The molecular formula is C5H8BrNO3. The van der Waals surface area contributed by atoms with Crippen LogP contribution < -0.4 is 5.73 Å². The van der Waals surface area contributed by atoms with Gasteiger partial charge in [0, 0.05) is 6.42 Å². The predicted octanol–water partition coefficient (Wildman–Crippen LogP) is 0.1000. The molecule has 10 heavy (non-hydrogen) atoms. The molecule has 5 heteroatoms. The van der Waals surface area contributed by atoms with Crippen LogP contribution >= 0.6 is 15.9 Å². The number of carboxylic acid groups (broad SMARTS) is 1. The van der Waals surface area contributed by atoms with E-state index in [0.717, 1.165) is 0 Å². The molecule has 0 heterocycles. The van der Waals surface area contributed by atoms with Crippen molar-refractivity contribution in [1.29, 1.82) is 0 Å². The standard InChI is InChI=1S/C5H8BrNO3/c6-4(8)2-1-3(7)5(9)10/h3H,1-2,7H2,(H,9,10). The fraction of sp³-hybridized carbons (Fsp3) is 0.600. The van der Waals surface area contributed by atoms with Gasteiger partial charge in [0.1, 0.15) is 6.04 Å². The Morgan fingerprint density at radius 1 is 1.60 bits per heavy atom. The summed E-state index contributed by atoms with van der Waals surface area (Å²) in [7, 11) is 0. The molecule has 0 spiro atoms. The van der Waals surface area contributed by atoms with E-state index in [-0.39, 0.29) is 17.5 Å². The Bertz CT molecular complexity index is 148. The van der Waals surface area contributed by atoms with Crippen LogP contribution in [-0.4, -0.2) is 21.8 Å². The molecule has 0 aromatic carbocycles. The zero-order valence-electron chi connectivity index (χ0n) is 5.21. The van der Waals surface area contributed by atoms with Gasteiger partial charge in [-0.2, -0.15) is 0 Å². The molecule has 0 rings (SSSR count). The molecule has 0 fully saturated rings. The first-order valence-corrected chi connectivity index (χ1v) is 3.50. The summed E-state index contributed by atoms with van der Waals surface area (Å²) >= 11 is 2.66. The Balaban J connectivity index is 3.49. The van der Waals surface area contributed by atoms with E-state index in [2.05, 4.69) is 15.9 Å². The number of rotatable bonds is 4. The number of halogens is 1. The van der Waals surface area contributed by atoms with Gasteiger partial charge >= 0.3 is 5.97 Å². The molecular weight excluding hydrogens is 202 g/mol. The highest BCUT2D eigenvalue weighted by atomic mass is 79.9. The van der Waals surface area contributed by atoms with Crippen molar-refractivity contribution in [2.45, 2.75) is 18.9 Å². The second-order valence-electron chi connectivity index (χ2n) is 1.84. The fourth-order valence-corrected chi connectivity index (χ4v) is 0.621. The molecule has 0 aliphatic carbocycles. The minimum Gasteiger partial charge on any atom is -0.480 e. The molecule has 0 amide bonds. The van der Waals surface area contributed by atoms with Crippen molar-refractivity contribution in [3.8, 4) is 0 Å². The highest BCUT2D eigenvalue weighted by molar-refractivity contribution is 9.18. The summed E-state index contributed by atoms with van der Waals surface area (Å²) < 4.78 is -0.218. The molecule has 3 N–H and O–H groups in total. The van der Waals surface area contributed by atoms with Gasteiger partial charge < -0.3 is 10.8 Å². The Morgan fingerprint density at radius 2 is 2.10 bits per heavy atom. The quantitative estimate of drug-likeness (QED) is 0.644. The van der Waals surface area contributed by atoms with E-state index < -0.39 is 12.0 Å². The monoisotopic (exact) mass is 209 g/mol. The second-order valence-corrected chi connectivity index (χ2v) is 2.72. The third kappa shape index (κ3) is 4.46. The zero-order chi connectivity index (χ0) is 8.15. The van der Waals surface area contributed by atoms with Gasteiger partial charge in [0.15, 0.2) is 4.69 Å². The maximum absolute atomic E-state index is 10.2. The van der Waals surface area contributed by atoms with Crippen molar-refractivity contribution >= 4 is 26.6 Å². The molecule has 1 unspecified atom stereocenters. The lowest BCUT2D eigenvalue weighted by Crippen LogP contribution is -2.30. The number of aliphatic carboxylic acids is 1. The smallest absolute Gasteiger partial charge is 0.320 e. The molecule has 0 saturated heterocycles. The molecule has 58 valence electrons. The molecule has 0 aliphatic rings. The maximum Gasteiger partial charge on any atom is 0.320 e. The van der Waals surface area contributed by atoms with E-state index in [1.54, 1.807) is 0 Å². The van der Waals surface area contributed by atoms with E-state index >= 15 is 0 Å². The molecule has 0 aromatic heterocycles. The van der Waals surface area contributed by atoms with Crippen LogP contribution in [0.2, 0.25) is 0 Å². The summed E-state index contributed by atoms with van der Waals surface area (Å²) in [4.78, 5) is 20.3. The van der Waals surface area contributed by atoms with Crippen LogP contribution in [0.4, 0.5) is 0 Å². The molecule has 0 aromatic rings. The normalized spacial score (nSPS) is 12.6. The molecule has 0 radical (unpaired) electrons. The van der Waals surface area contributed by atoms with Crippen LogP contribution in [0.25, 0.3) is 0 Å². The largest absolute Gasteiger partial charge is 0.480 e. The first kappa shape index (κ1) is 9.58. The van der Waals surface area contributed by atoms with Crippen molar-refractivity contribution in [3.63, 3.8) is 0 Å². The minimum atomic E-state index is -1.08. The number of hydrogen-bond acceptors (Lipinski definition) is 3. The third-order valence-corrected chi connectivity index (χ3v) is 1.37. The average Bonchev–Trinajstić information content (AvgIpc) is 1.82. The van der Waals surface area contributed by atoms with E-state index in [4.69, 9.17) is 10.8 Å². The lowest BCUT2D eigenvalue weighted by atomic mass is 10.2. The lowest BCUT2D eigenvalue weighted by molar-refractivity contribution is -0.138. The highest BCUT2D eigenvalue weighted by Crippen LogP contribution is 1.99. The van der Waals surface area contributed by atoms with E-state index in [0.29, 0.717) is 0 Å². The van der Waals surface area contributed by atoms with E-state index in [1.165, 1.54) is 0 Å². The van der Waals surface area contributed by atoms with Gasteiger partial charge in [-0.1, -0.05) is 0 Å². The van der Waals surface area contributed by atoms with E-state index in [9.17, 15) is 9.59 Å². The van der Waals surface area contributed by atoms with Crippen LogP contribution in [-0.2, 0) is 9.59 Å². The van der Waals surface area contributed by atoms with Crippen LogP contribution in [0.3, 0.4) is 0 Å². The predicted molar refractivity (Wildman–Crippen MR) is 38.8 cm³/mol.